The second-order valence-electron chi connectivity index (χ2n) is 9.46. The van der Waals surface area contributed by atoms with Crippen molar-refractivity contribution in [3.05, 3.63) is 60.7 Å². The van der Waals surface area contributed by atoms with Crippen LogP contribution in [0.3, 0.4) is 0 Å². The molecular formula is C27H27N7O2. The molecule has 0 bridgehead atoms. The van der Waals surface area contributed by atoms with Crippen LogP contribution in [0.25, 0.3) is 21.8 Å². The molecule has 9 heteroatoms. The first kappa shape index (κ1) is 22.5. The van der Waals surface area contributed by atoms with E-state index in [2.05, 4.69) is 62.3 Å². The van der Waals surface area contributed by atoms with E-state index in [0.29, 0.717) is 37.3 Å². The van der Waals surface area contributed by atoms with Gasteiger partial charge in [-0.2, -0.15) is 5.26 Å². The van der Waals surface area contributed by atoms with E-state index in [1.165, 1.54) is 0 Å². The standard InChI is InChI=1S/C27H27N7O2/c1-18-13-33(24-5-3-19(11-28)26-27(24)31-7-6-30-26)17-23(36-18)16-32-14-20-2-4-22(10-21(20)15-32)34-9-8-29-12-25(34)35/h2-7,10,14-15,18,23,29H,8-9,12-13,16-17H2,1H3/t18-,23+/m1/s1. The SMILES string of the molecule is C[C@@H]1CN(c2ccc(C#N)c3nccnc23)C[C@H](Cn2cc3ccc(N4CCNCC4=O)cc3c2)O1. The number of hydrogen-bond donors (Lipinski definition) is 1. The Bertz CT molecular complexity index is 1490. The van der Waals surface area contributed by atoms with Gasteiger partial charge in [-0.15, -0.1) is 0 Å². The summed E-state index contributed by atoms with van der Waals surface area (Å²) in [4.78, 5) is 25.4. The quantitative estimate of drug-likeness (QED) is 0.478. The van der Waals surface area contributed by atoms with Crippen LogP contribution in [-0.4, -0.2) is 65.4 Å². The molecule has 1 amide bonds. The Balaban J connectivity index is 1.24. The Morgan fingerprint density at radius 2 is 1.94 bits per heavy atom. The average molecular weight is 482 g/mol. The molecule has 0 radical (unpaired) electrons. The van der Waals surface area contributed by atoms with Gasteiger partial charge in [-0.1, -0.05) is 6.07 Å². The molecule has 2 aliphatic heterocycles. The van der Waals surface area contributed by atoms with Crippen molar-refractivity contribution in [1.82, 2.24) is 19.9 Å². The molecular weight excluding hydrogens is 454 g/mol. The molecule has 0 saturated carbocycles. The Kier molecular flexibility index (Phi) is 5.76. The van der Waals surface area contributed by atoms with Gasteiger partial charge in [0.15, 0.2) is 0 Å². The van der Waals surface area contributed by atoms with E-state index >= 15 is 0 Å². The summed E-state index contributed by atoms with van der Waals surface area (Å²) in [5, 5.41) is 14.8. The maximum Gasteiger partial charge on any atom is 0.240 e. The van der Waals surface area contributed by atoms with Crippen LogP contribution in [-0.2, 0) is 16.1 Å². The highest BCUT2D eigenvalue weighted by molar-refractivity contribution is 5.98. The number of carbonyl (C=O) groups excluding carboxylic acids is 1. The van der Waals surface area contributed by atoms with E-state index in [4.69, 9.17) is 4.74 Å². The lowest BCUT2D eigenvalue weighted by Crippen LogP contribution is -2.48. The zero-order valence-electron chi connectivity index (χ0n) is 20.1. The minimum Gasteiger partial charge on any atom is -0.370 e. The Hall–Kier alpha value is -4.00. The van der Waals surface area contributed by atoms with Crippen molar-refractivity contribution in [1.29, 1.82) is 5.26 Å². The number of anilines is 2. The number of morpholine rings is 1. The highest BCUT2D eigenvalue weighted by Crippen LogP contribution is 2.30. The lowest BCUT2D eigenvalue weighted by atomic mass is 10.1. The first-order chi connectivity index (χ1) is 17.6. The number of nitriles is 1. The van der Waals surface area contributed by atoms with Gasteiger partial charge in [-0.05, 0) is 36.6 Å². The van der Waals surface area contributed by atoms with E-state index in [-0.39, 0.29) is 18.1 Å². The molecule has 2 fully saturated rings. The van der Waals surface area contributed by atoms with Gasteiger partial charge in [0.1, 0.15) is 17.1 Å². The molecule has 2 aromatic carbocycles. The van der Waals surface area contributed by atoms with Crippen LogP contribution in [0.1, 0.15) is 12.5 Å². The van der Waals surface area contributed by atoms with Gasteiger partial charge in [0.25, 0.3) is 0 Å². The normalized spacial score (nSPS) is 20.7. The van der Waals surface area contributed by atoms with Crippen molar-refractivity contribution in [3.63, 3.8) is 0 Å². The minimum absolute atomic E-state index is 0.0212. The summed E-state index contributed by atoms with van der Waals surface area (Å²) in [6.45, 7) is 6.10. The molecule has 1 N–H and O–H groups in total. The second kappa shape index (κ2) is 9.22. The number of aromatic nitrogens is 3. The first-order valence-electron chi connectivity index (χ1n) is 12.2. The van der Waals surface area contributed by atoms with E-state index in [1.807, 2.05) is 23.1 Å². The highest BCUT2D eigenvalue weighted by atomic mass is 16.5. The summed E-state index contributed by atoms with van der Waals surface area (Å²) < 4.78 is 8.49. The topological polar surface area (TPSA) is 99.3 Å². The zero-order chi connectivity index (χ0) is 24.6. The van der Waals surface area contributed by atoms with Crippen LogP contribution >= 0.6 is 0 Å². The fraction of sp³-hybridized carbons (Fsp3) is 0.333. The van der Waals surface area contributed by atoms with Crippen molar-refractivity contribution in [2.24, 2.45) is 0 Å². The monoisotopic (exact) mass is 481 g/mol. The van der Waals surface area contributed by atoms with Crippen LogP contribution in [0, 0.1) is 11.3 Å². The third kappa shape index (κ3) is 4.15. The fourth-order valence-corrected chi connectivity index (χ4v) is 5.30. The number of rotatable bonds is 4. The second-order valence-corrected chi connectivity index (χ2v) is 9.46. The summed E-state index contributed by atoms with van der Waals surface area (Å²) in [5.74, 6) is 0.102. The zero-order valence-corrected chi connectivity index (χ0v) is 20.1. The number of ether oxygens (including phenoxy) is 1. The maximum atomic E-state index is 12.3. The molecule has 182 valence electrons. The predicted molar refractivity (Wildman–Crippen MR) is 138 cm³/mol. The molecule has 2 aromatic heterocycles. The number of benzene rings is 2. The average Bonchev–Trinajstić information content (AvgIpc) is 3.29. The van der Waals surface area contributed by atoms with Gasteiger partial charge in [0, 0.05) is 62.0 Å². The summed E-state index contributed by atoms with van der Waals surface area (Å²) in [7, 11) is 0. The Labute approximate surface area is 208 Å². The summed E-state index contributed by atoms with van der Waals surface area (Å²) in [5.41, 5.74) is 3.81. The minimum atomic E-state index is -0.0212. The summed E-state index contributed by atoms with van der Waals surface area (Å²) in [6.07, 6.45) is 7.57. The number of fused-ring (bicyclic) bond motifs is 2. The molecule has 2 saturated heterocycles. The number of piperazine rings is 1. The van der Waals surface area contributed by atoms with Crippen LogP contribution in [0.5, 0.6) is 0 Å². The van der Waals surface area contributed by atoms with Gasteiger partial charge in [0.2, 0.25) is 5.91 Å². The van der Waals surface area contributed by atoms with Crippen molar-refractivity contribution in [3.8, 4) is 6.07 Å². The van der Waals surface area contributed by atoms with Gasteiger partial charge < -0.3 is 24.4 Å². The van der Waals surface area contributed by atoms with Gasteiger partial charge in [-0.25, -0.2) is 0 Å². The molecule has 0 spiro atoms. The van der Waals surface area contributed by atoms with Crippen molar-refractivity contribution in [2.45, 2.75) is 25.7 Å². The Morgan fingerprint density at radius 3 is 2.78 bits per heavy atom. The molecule has 9 nitrogen and oxygen atoms in total. The third-order valence-electron chi connectivity index (χ3n) is 6.89. The summed E-state index contributed by atoms with van der Waals surface area (Å²) >= 11 is 0. The molecule has 0 aliphatic carbocycles. The van der Waals surface area contributed by atoms with Crippen LogP contribution in [0.15, 0.2) is 55.1 Å². The number of nitrogens with one attached hydrogen (secondary N) is 1. The molecule has 2 atom stereocenters. The van der Waals surface area contributed by atoms with Crippen molar-refractivity contribution >= 4 is 39.1 Å². The summed E-state index contributed by atoms with van der Waals surface area (Å²) in [6, 6.07) is 12.2. The first-order valence-corrected chi connectivity index (χ1v) is 12.2. The van der Waals surface area contributed by atoms with E-state index in [1.54, 1.807) is 12.4 Å². The highest BCUT2D eigenvalue weighted by Gasteiger charge is 2.28. The van der Waals surface area contributed by atoms with Gasteiger partial charge in [0.05, 0.1) is 36.5 Å². The molecule has 36 heavy (non-hydrogen) atoms. The number of nitrogens with zero attached hydrogens (tertiary/aromatic N) is 6. The third-order valence-corrected chi connectivity index (χ3v) is 6.89. The van der Waals surface area contributed by atoms with Gasteiger partial charge >= 0.3 is 0 Å². The molecule has 6 rings (SSSR count). The Morgan fingerprint density at radius 1 is 1.11 bits per heavy atom. The molecule has 0 unspecified atom stereocenters. The number of amides is 1. The van der Waals surface area contributed by atoms with Gasteiger partial charge in [-0.3, -0.25) is 14.8 Å². The molecule has 2 aliphatic rings. The van der Waals surface area contributed by atoms with Crippen LogP contribution in [0.2, 0.25) is 0 Å². The van der Waals surface area contributed by atoms with E-state index < -0.39 is 0 Å². The molecule has 4 heterocycles. The van der Waals surface area contributed by atoms with Crippen LogP contribution in [0.4, 0.5) is 11.4 Å². The fourth-order valence-electron chi connectivity index (χ4n) is 5.30. The molecule has 4 aromatic rings. The van der Waals surface area contributed by atoms with Crippen LogP contribution < -0.4 is 15.1 Å². The lowest BCUT2D eigenvalue weighted by molar-refractivity contribution is -0.118. The van der Waals surface area contributed by atoms with Crippen molar-refractivity contribution < 1.29 is 9.53 Å². The number of carbonyl (C=O) groups is 1. The largest absolute Gasteiger partial charge is 0.370 e. The van der Waals surface area contributed by atoms with E-state index in [9.17, 15) is 10.1 Å². The smallest absolute Gasteiger partial charge is 0.240 e. The lowest BCUT2D eigenvalue weighted by Gasteiger charge is -2.38. The van der Waals surface area contributed by atoms with E-state index in [0.717, 1.165) is 40.8 Å². The predicted octanol–water partition coefficient (Wildman–Crippen LogP) is 2.69. The van der Waals surface area contributed by atoms with Crippen molar-refractivity contribution in [2.75, 3.05) is 42.5 Å². The number of hydrogen-bond acceptors (Lipinski definition) is 7. The maximum absolute atomic E-state index is 12.3.